The van der Waals surface area contributed by atoms with E-state index in [4.69, 9.17) is 0 Å². The lowest BCUT2D eigenvalue weighted by atomic mass is 9.72. The van der Waals surface area contributed by atoms with Gasteiger partial charge in [0.2, 0.25) is 5.91 Å². The summed E-state index contributed by atoms with van der Waals surface area (Å²) in [7, 11) is 0. The number of piperidine rings is 1. The first kappa shape index (κ1) is 25.7. The van der Waals surface area contributed by atoms with Crippen molar-refractivity contribution >= 4 is 11.9 Å². The van der Waals surface area contributed by atoms with E-state index in [1.807, 2.05) is 0 Å². The minimum atomic E-state index is -2.00. The van der Waals surface area contributed by atoms with Gasteiger partial charge in [-0.1, -0.05) is 24.8 Å². The largest absolute Gasteiger partial charge is 0.336 e. The molecule has 3 amide bonds. The Balaban J connectivity index is 1.21. The number of hydrogen-bond acceptors (Lipinski definition) is 4. The fourth-order valence-electron chi connectivity index (χ4n) is 5.69. The Morgan fingerprint density at radius 2 is 1.84 bits per heavy atom. The number of benzene rings is 1. The Hall–Kier alpha value is -2.99. The van der Waals surface area contributed by atoms with Crippen LogP contribution in [0.5, 0.6) is 0 Å². The molecule has 5 rings (SSSR count). The average molecular weight is 512 g/mol. The SMILES string of the molecule is C=CC(F)(CC[C@H](NC(=O)N1CC2(CCN(C3CC3)CC2)C1)C(=O)NC1(C#N)CC1)c1ccc(F)cc1. The maximum atomic E-state index is 15.8. The van der Waals surface area contributed by atoms with Crippen LogP contribution in [0.25, 0.3) is 0 Å². The zero-order valence-corrected chi connectivity index (χ0v) is 21.1. The summed E-state index contributed by atoms with van der Waals surface area (Å²) in [5, 5.41) is 14.9. The molecule has 2 aliphatic carbocycles. The van der Waals surface area contributed by atoms with Crippen LogP contribution >= 0.6 is 0 Å². The third kappa shape index (κ3) is 5.49. The number of likely N-dealkylation sites (tertiary alicyclic amines) is 2. The van der Waals surface area contributed by atoms with E-state index < -0.39 is 29.0 Å². The zero-order chi connectivity index (χ0) is 26.3. The van der Waals surface area contributed by atoms with Crippen molar-refractivity contribution in [2.24, 2.45) is 5.41 Å². The summed E-state index contributed by atoms with van der Waals surface area (Å²) in [5.74, 6) is -0.970. The molecule has 2 aliphatic heterocycles. The molecule has 0 aromatic heterocycles. The molecule has 1 spiro atoms. The molecular formula is C28H35F2N5O2. The Bertz CT molecular complexity index is 1080. The minimum Gasteiger partial charge on any atom is -0.336 e. The fraction of sp³-hybridized carbons (Fsp3) is 0.607. The van der Waals surface area contributed by atoms with E-state index in [0.717, 1.165) is 38.0 Å². The molecule has 4 aliphatic rings. The number of allylic oxidation sites excluding steroid dienone is 1. The van der Waals surface area contributed by atoms with Crippen LogP contribution in [-0.2, 0) is 10.5 Å². The molecule has 2 atom stereocenters. The third-order valence-corrected chi connectivity index (χ3v) is 8.65. The van der Waals surface area contributed by atoms with Crippen molar-refractivity contribution in [3.63, 3.8) is 0 Å². The average Bonchev–Trinajstić information content (AvgIpc) is 3.81. The molecule has 7 nitrogen and oxygen atoms in total. The molecule has 2 heterocycles. The molecule has 198 valence electrons. The topological polar surface area (TPSA) is 88.5 Å². The van der Waals surface area contributed by atoms with E-state index >= 15 is 4.39 Å². The summed E-state index contributed by atoms with van der Waals surface area (Å²) >= 11 is 0. The molecule has 1 aromatic rings. The lowest BCUT2D eigenvalue weighted by molar-refractivity contribution is -0.124. The van der Waals surface area contributed by atoms with Gasteiger partial charge in [0.05, 0.1) is 6.07 Å². The first-order valence-corrected chi connectivity index (χ1v) is 13.3. The quantitative estimate of drug-likeness (QED) is 0.494. The van der Waals surface area contributed by atoms with Crippen molar-refractivity contribution in [1.82, 2.24) is 20.4 Å². The van der Waals surface area contributed by atoms with E-state index in [-0.39, 0.29) is 29.9 Å². The zero-order valence-electron chi connectivity index (χ0n) is 21.1. The van der Waals surface area contributed by atoms with Gasteiger partial charge in [0, 0.05) is 24.5 Å². The van der Waals surface area contributed by atoms with Gasteiger partial charge in [0.1, 0.15) is 17.4 Å². The van der Waals surface area contributed by atoms with Crippen molar-refractivity contribution < 1.29 is 18.4 Å². The fourth-order valence-corrected chi connectivity index (χ4v) is 5.69. The molecule has 1 unspecified atom stereocenters. The molecular weight excluding hydrogens is 476 g/mol. The monoisotopic (exact) mass is 511 g/mol. The smallest absolute Gasteiger partial charge is 0.318 e. The van der Waals surface area contributed by atoms with Gasteiger partial charge in [-0.2, -0.15) is 5.26 Å². The Morgan fingerprint density at radius 3 is 2.38 bits per heavy atom. The van der Waals surface area contributed by atoms with Gasteiger partial charge < -0.3 is 20.4 Å². The molecule has 2 N–H and O–H groups in total. The summed E-state index contributed by atoms with van der Waals surface area (Å²) in [6.07, 6.45) is 6.84. The number of amides is 3. The highest BCUT2D eigenvalue weighted by atomic mass is 19.1. The number of rotatable bonds is 9. The molecule has 0 bridgehead atoms. The Labute approximate surface area is 216 Å². The van der Waals surface area contributed by atoms with Crippen LogP contribution in [0, 0.1) is 22.6 Å². The maximum Gasteiger partial charge on any atom is 0.318 e. The van der Waals surface area contributed by atoms with Crippen molar-refractivity contribution in [2.75, 3.05) is 26.2 Å². The third-order valence-electron chi connectivity index (χ3n) is 8.65. The number of alkyl halides is 1. The standard InChI is InChI=1S/C28H35F2N5O2/c1-2-28(30,20-3-5-21(29)6-4-20)10-9-23(24(36)33-27(17-31)11-12-27)32-25(37)35-18-26(19-35)13-15-34(16-14-26)22-7-8-22/h2-6,22-23H,1,7-16,18-19H2,(H,32,37)(H,33,36)/t23-,28?/m0/s1. The van der Waals surface area contributed by atoms with Gasteiger partial charge in [-0.3, -0.25) is 4.79 Å². The summed E-state index contributed by atoms with van der Waals surface area (Å²) in [5.41, 5.74) is -2.52. The van der Waals surface area contributed by atoms with Gasteiger partial charge in [0.25, 0.3) is 0 Å². The number of halogens is 2. The van der Waals surface area contributed by atoms with Crippen LogP contribution in [0.1, 0.15) is 56.9 Å². The second-order valence-electron chi connectivity index (χ2n) is 11.4. The number of hydrogen-bond donors (Lipinski definition) is 2. The van der Waals surface area contributed by atoms with E-state index in [2.05, 4.69) is 28.2 Å². The molecule has 2 saturated carbocycles. The van der Waals surface area contributed by atoms with Gasteiger partial charge in [-0.05, 0) is 82.2 Å². The van der Waals surface area contributed by atoms with Gasteiger partial charge >= 0.3 is 6.03 Å². The maximum absolute atomic E-state index is 15.8. The van der Waals surface area contributed by atoms with Gasteiger partial charge in [-0.25, -0.2) is 13.6 Å². The lowest BCUT2D eigenvalue weighted by Gasteiger charge is -2.54. The number of nitriles is 1. The van der Waals surface area contributed by atoms with E-state index in [1.165, 1.54) is 37.1 Å². The molecule has 4 fully saturated rings. The highest BCUT2D eigenvalue weighted by Gasteiger charge is 2.49. The van der Waals surface area contributed by atoms with Crippen LogP contribution in [0.4, 0.5) is 13.6 Å². The summed E-state index contributed by atoms with van der Waals surface area (Å²) in [6.45, 7) is 7.07. The number of carbonyl (C=O) groups excluding carboxylic acids is 2. The Morgan fingerprint density at radius 1 is 1.19 bits per heavy atom. The normalized spacial score (nSPS) is 24.2. The predicted octanol–water partition coefficient (Wildman–Crippen LogP) is 3.77. The van der Waals surface area contributed by atoms with Gasteiger partial charge in [-0.15, -0.1) is 0 Å². The van der Waals surface area contributed by atoms with E-state index in [9.17, 15) is 19.2 Å². The highest BCUT2D eigenvalue weighted by Crippen LogP contribution is 2.43. The number of urea groups is 1. The van der Waals surface area contributed by atoms with Crippen molar-refractivity contribution in [3.8, 4) is 6.07 Å². The summed E-state index contributed by atoms with van der Waals surface area (Å²) in [6, 6.07) is 6.59. The van der Waals surface area contributed by atoms with E-state index in [0.29, 0.717) is 25.9 Å². The second-order valence-corrected chi connectivity index (χ2v) is 11.4. The molecule has 37 heavy (non-hydrogen) atoms. The van der Waals surface area contributed by atoms with Crippen LogP contribution in [0.3, 0.4) is 0 Å². The molecule has 1 aromatic carbocycles. The number of carbonyl (C=O) groups is 2. The highest BCUT2D eigenvalue weighted by molar-refractivity contribution is 5.88. The Kier molecular flexibility index (Phi) is 6.73. The van der Waals surface area contributed by atoms with Gasteiger partial charge in [0.15, 0.2) is 5.67 Å². The summed E-state index contributed by atoms with van der Waals surface area (Å²) < 4.78 is 29.1. The van der Waals surface area contributed by atoms with Crippen LogP contribution < -0.4 is 10.6 Å². The van der Waals surface area contributed by atoms with Crippen LogP contribution in [0.15, 0.2) is 36.9 Å². The van der Waals surface area contributed by atoms with E-state index in [1.54, 1.807) is 4.90 Å². The number of nitrogens with one attached hydrogen (secondary N) is 2. The predicted molar refractivity (Wildman–Crippen MR) is 134 cm³/mol. The molecule has 2 saturated heterocycles. The lowest BCUT2D eigenvalue weighted by Crippen LogP contribution is -2.65. The first-order valence-electron chi connectivity index (χ1n) is 13.3. The number of nitrogens with zero attached hydrogens (tertiary/aromatic N) is 3. The van der Waals surface area contributed by atoms with Crippen molar-refractivity contribution in [3.05, 3.63) is 48.3 Å². The van der Waals surface area contributed by atoms with Crippen molar-refractivity contribution in [1.29, 1.82) is 5.26 Å². The second kappa shape index (κ2) is 9.71. The van der Waals surface area contributed by atoms with Crippen molar-refractivity contribution in [2.45, 2.75) is 74.7 Å². The minimum absolute atomic E-state index is 0.00565. The summed E-state index contributed by atoms with van der Waals surface area (Å²) in [4.78, 5) is 30.5. The van der Waals surface area contributed by atoms with Crippen LogP contribution in [-0.4, -0.2) is 65.5 Å². The van der Waals surface area contributed by atoms with Crippen LogP contribution in [0.2, 0.25) is 0 Å². The molecule has 0 radical (unpaired) electrons. The molecule has 9 heteroatoms. The first-order chi connectivity index (χ1) is 17.7.